The Labute approximate surface area is 178 Å². The van der Waals surface area contributed by atoms with Gasteiger partial charge >= 0.3 is 5.97 Å². The largest absolute Gasteiger partial charge is 0.507 e. The Hall–Kier alpha value is -4.13. The van der Waals surface area contributed by atoms with Gasteiger partial charge in [-0.1, -0.05) is 42.5 Å². The van der Waals surface area contributed by atoms with Crippen LogP contribution >= 0.6 is 0 Å². The van der Waals surface area contributed by atoms with E-state index < -0.39 is 5.91 Å². The minimum atomic E-state index is -0.519. The number of phenolic OH excluding ortho intramolecular Hbond substituents is 1. The monoisotopic (exact) mass is 415 g/mol. The van der Waals surface area contributed by atoms with E-state index in [1.165, 1.54) is 6.21 Å². The molecule has 7 nitrogen and oxygen atoms in total. The fourth-order valence-corrected chi connectivity index (χ4v) is 3.49. The van der Waals surface area contributed by atoms with Crippen LogP contribution in [0.2, 0.25) is 0 Å². The molecule has 0 aliphatic rings. The van der Waals surface area contributed by atoms with Gasteiger partial charge in [0.05, 0.1) is 18.4 Å². The summed E-state index contributed by atoms with van der Waals surface area (Å²) in [5, 5.41) is 16.8. The molecule has 0 aliphatic heterocycles. The SMILES string of the molecule is CCOC(=O)Cn1cc(C=NNC(=O)c2cc3ccccc3cc2O)c2ccccc21. The zero-order valence-corrected chi connectivity index (χ0v) is 16.9. The molecule has 3 aromatic carbocycles. The molecule has 4 aromatic rings. The molecule has 0 fully saturated rings. The maximum atomic E-state index is 12.5. The number of nitrogens with one attached hydrogen (secondary N) is 1. The molecule has 156 valence electrons. The summed E-state index contributed by atoms with van der Waals surface area (Å²) in [7, 11) is 0. The summed E-state index contributed by atoms with van der Waals surface area (Å²) in [4.78, 5) is 24.4. The number of hydrogen-bond donors (Lipinski definition) is 2. The van der Waals surface area contributed by atoms with Crippen molar-refractivity contribution in [3.63, 3.8) is 0 Å². The van der Waals surface area contributed by atoms with Gasteiger partial charge in [-0.25, -0.2) is 5.43 Å². The van der Waals surface area contributed by atoms with Gasteiger partial charge in [-0.2, -0.15) is 5.10 Å². The van der Waals surface area contributed by atoms with E-state index in [-0.39, 0.29) is 23.8 Å². The Morgan fingerprint density at radius 3 is 2.58 bits per heavy atom. The van der Waals surface area contributed by atoms with Crippen molar-refractivity contribution >= 4 is 39.8 Å². The molecule has 0 spiro atoms. The van der Waals surface area contributed by atoms with Crippen LogP contribution in [0, 0.1) is 0 Å². The molecule has 2 N–H and O–H groups in total. The van der Waals surface area contributed by atoms with Crippen molar-refractivity contribution in [2.24, 2.45) is 5.10 Å². The van der Waals surface area contributed by atoms with E-state index in [0.717, 1.165) is 27.2 Å². The fraction of sp³-hybridized carbons (Fsp3) is 0.125. The summed E-state index contributed by atoms with van der Waals surface area (Å²) < 4.78 is 6.82. The quantitative estimate of drug-likeness (QED) is 0.284. The molecule has 0 saturated heterocycles. The molecule has 1 amide bonds. The normalized spacial score (nSPS) is 11.3. The average Bonchev–Trinajstić information content (AvgIpc) is 3.10. The minimum absolute atomic E-state index is 0.0829. The first-order chi connectivity index (χ1) is 15.1. The number of para-hydroxylation sites is 1. The lowest BCUT2D eigenvalue weighted by molar-refractivity contribution is -0.143. The maximum Gasteiger partial charge on any atom is 0.325 e. The van der Waals surface area contributed by atoms with Crippen LogP contribution in [-0.2, 0) is 16.1 Å². The first kappa shape index (κ1) is 20.2. The number of benzene rings is 3. The number of carbonyl (C=O) groups is 2. The van der Waals surface area contributed by atoms with Crippen molar-refractivity contribution in [2.45, 2.75) is 13.5 Å². The number of rotatable bonds is 6. The second-order valence-corrected chi connectivity index (χ2v) is 6.95. The Kier molecular flexibility index (Phi) is 5.66. The highest BCUT2D eigenvalue weighted by Crippen LogP contribution is 2.25. The second-order valence-electron chi connectivity index (χ2n) is 6.95. The number of aromatic hydroxyl groups is 1. The number of phenols is 1. The standard InChI is InChI=1S/C24H21N3O4/c1-2-31-23(29)15-27-14-18(19-9-5-6-10-21(19)27)13-25-26-24(30)20-11-16-7-3-4-8-17(16)12-22(20)28/h3-14,28H,2,15H2,1H3,(H,26,30). The average molecular weight is 415 g/mol. The van der Waals surface area contributed by atoms with Crippen molar-refractivity contribution < 1.29 is 19.4 Å². The number of hydrazone groups is 1. The first-order valence-corrected chi connectivity index (χ1v) is 9.85. The van der Waals surface area contributed by atoms with E-state index in [1.54, 1.807) is 29.8 Å². The number of carbonyl (C=O) groups excluding carboxylic acids is 2. The number of ether oxygens (including phenoxy) is 1. The number of amides is 1. The van der Waals surface area contributed by atoms with Crippen LogP contribution in [0.5, 0.6) is 5.75 Å². The molecule has 0 atom stereocenters. The zero-order chi connectivity index (χ0) is 21.8. The van der Waals surface area contributed by atoms with Crippen LogP contribution in [0.15, 0.2) is 72.0 Å². The summed E-state index contributed by atoms with van der Waals surface area (Å²) >= 11 is 0. The molecule has 0 unspecified atom stereocenters. The smallest absolute Gasteiger partial charge is 0.325 e. The van der Waals surface area contributed by atoms with Crippen molar-refractivity contribution in [1.82, 2.24) is 9.99 Å². The molecule has 0 aliphatic carbocycles. The second kappa shape index (κ2) is 8.71. The van der Waals surface area contributed by atoms with Gasteiger partial charge in [0.25, 0.3) is 5.91 Å². The molecule has 4 rings (SSSR count). The van der Waals surface area contributed by atoms with Crippen molar-refractivity contribution in [1.29, 1.82) is 0 Å². The van der Waals surface area contributed by atoms with Crippen molar-refractivity contribution in [3.8, 4) is 5.75 Å². The summed E-state index contributed by atoms with van der Waals surface area (Å²) in [5.74, 6) is -0.959. The van der Waals surface area contributed by atoms with E-state index in [1.807, 2.05) is 48.5 Å². The lowest BCUT2D eigenvalue weighted by Gasteiger charge is -2.05. The molecule has 7 heteroatoms. The lowest BCUT2D eigenvalue weighted by atomic mass is 10.1. The van der Waals surface area contributed by atoms with Gasteiger partial charge in [-0.15, -0.1) is 0 Å². The van der Waals surface area contributed by atoms with Gasteiger partial charge in [0.1, 0.15) is 12.3 Å². The Morgan fingerprint density at radius 1 is 1.10 bits per heavy atom. The first-order valence-electron chi connectivity index (χ1n) is 9.85. The molecule has 31 heavy (non-hydrogen) atoms. The van der Waals surface area contributed by atoms with E-state index in [2.05, 4.69) is 10.5 Å². The maximum absolute atomic E-state index is 12.5. The molecule has 0 bridgehead atoms. The molecule has 0 saturated carbocycles. The van der Waals surface area contributed by atoms with E-state index in [4.69, 9.17) is 4.74 Å². The highest BCUT2D eigenvalue weighted by atomic mass is 16.5. The van der Waals surface area contributed by atoms with Crippen LogP contribution < -0.4 is 5.43 Å². The Morgan fingerprint density at radius 2 is 1.81 bits per heavy atom. The molecule has 1 aromatic heterocycles. The van der Waals surface area contributed by atoms with E-state index in [9.17, 15) is 14.7 Å². The van der Waals surface area contributed by atoms with Crippen LogP contribution in [0.25, 0.3) is 21.7 Å². The number of esters is 1. The zero-order valence-electron chi connectivity index (χ0n) is 16.9. The van der Waals surface area contributed by atoms with Gasteiger partial charge in [-0.3, -0.25) is 9.59 Å². The number of fused-ring (bicyclic) bond motifs is 2. The van der Waals surface area contributed by atoms with Crippen LogP contribution in [0.4, 0.5) is 0 Å². The molecular weight excluding hydrogens is 394 g/mol. The predicted octanol–water partition coefficient (Wildman–Crippen LogP) is 3.83. The third kappa shape index (κ3) is 4.25. The summed E-state index contributed by atoms with van der Waals surface area (Å²) in [5.41, 5.74) is 4.19. The van der Waals surface area contributed by atoms with Crippen LogP contribution in [-0.4, -0.2) is 34.4 Å². The molecular formula is C24H21N3O4. The van der Waals surface area contributed by atoms with Crippen molar-refractivity contribution in [3.05, 3.63) is 78.0 Å². The van der Waals surface area contributed by atoms with Crippen molar-refractivity contribution in [2.75, 3.05) is 6.61 Å². The van der Waals surface area contributed by atoms with Crippen LogP contribution in [0.1, 0.15) is 22.8 Å². The molecule has 1 heterocycles. The van der Waals surface area contributed by atoms with Gasteiger partial charge in [0, 0.05) is 22.7 Å². The Bertz CT molecular complexity index is 1310. The molecule has 0 radical (unpaired) electrons. The third-order valence-corrected chi connectivity index (χ3v) is 4.90. The third-order valence-electron chi connectivity index (χ3n) is 4.90. The summed E-state index contributed by atoms with van der Waals surface area (Å²) in [6, 6.07) is 18.2. The highest BCUT2D eigenvalue weighted by molar-refractivity contribution is 6.03. The number of nitrogens with zero attached hydrogens (tertiary/aromatic N) is 2. The number of aromatic nitrogens is 1. The lowest BCUT2D eigenvalue weighted by Crippen LogP contribution is -2.17. The van der Waals surface area contributed by atoms with Gasteiger partial charge in [0.2, 0.25) is 0 Å². The van der Waals surface area contributed by atoms with Gasteiger partial charge in [-0.05, 0) is 35.9 Å². The summed E-state index contributed by atoms with van der Waals surface area (Å²) in [6.45, 7) is 2.17. The van der Waals surface area contributed by atoms with E-state index >= 15 is 0 Å². The van der Waals surface area contributed by atoms with Gasteiger partial charge < -0.3 is 14.4 Å². The summed E-state index contributed by atoms with van der Waals surface area (Å²) in [6.07, 6.45) is 3.30. The van der Waals surface area contributed by atoms with E-state index in [0.29, 0.717) is 6.61 Å². The highest BCUT2D eigenvalue weighted by Gasteiger charge is 2.13. The Balaban J connectivity index is 1.56. The minimum Gasteiger partial charge on any atom is -0.507 e. The predicted molar refractivity (Wildman–Crippen MR) is 119 cm³/mol. The van der Waals surface area contributed by atoms with Gasteiger partial charge in [0.15, 0.2) is 0 Å². The topological polar surface area (TPSA) is 92.9 Å². The number of hydrogen-bond acceptors (Lipinski definition) is 5. The van der Waals surface area contributed by atoms with Crippen LogP contribution in [0.3, 0.4) is 0 Å². The fourth-order valence-electron chi connectivity index (χ4n) is 3.49.